The van der Waals surface area contributed by atoms with Gasteiger partial charge in [-0.1, -0.05) is 12.1 Å². The third-order valence-electron chi connectivity index (χ3n) is 8.91. The molecule has 2 aliphatic rings. The summed E-state index contributed by atoms with van der Waals surface area (Å²) in [6.07, 6.45) is 8.34. The number of ether oxygens (including phenoxy) is 2. The lowest BCUT2D eigenvalue weighted by atomic mass is 9.78. The number of fused-ring (bicyclic) bond motifs is 1. The summed E-state index contributed by atoms with van der Waals surface area (Å²) in [6, 6.07) is 13.8. The molecule has 0 saturated heterocycles. The van der Waals surface area contributed by atoms with Crippen molar-refractivity contribution in [1.29, 1.82) is 0 Å². The van der Waals surface area contributed by atoms with Crippen LogP contribution in [0.1, 0.15) is 78.8 Å². The number of rotatable bonds is 7. The van der Waals surface area contributed by atoms with E-state index in [9.17, 15) is 14.7 Å². The normalized spacial score (nSPS) is 23.0. The Labute approximate surface area is 236 Å². The van der Waals surface area contributed by atoms with E-state index in [1.165, 1.54) is 12.7 Å². The van der Waals surface area contributed by atoms with E-state index >= 15 is 0 Å². The average Bonchev–Trinajstić information content (AvgIpc) is 2.99. The van der Waals surface area contributed by atoms with Crippen molar-refractivity contribution < 1.29 is 24.2 Å². The van der Waals surface area contributed by atoms with Gasteiger partial charge in [-0.3, -0.25) is 9.69 Å². The number of pyridine rings is 1. The van der Waals surface area contributed by atoms with Gasteiger partial charge in [-0.2, -0.15) is 0 Å². The summed E-state index contributed by atoms with van der Waals surface area (Å²) < 4.78 is 10.3. The van der Waals surface area contributed by atoms with Gasteiger partial charge in [0.05, 0.1) is 25.9 Å². The number of aryl methyl sites for hydroxylation is 1. The molecule has 0 atom stereocenters. The monoisotopic (exact) mass is 544 g/mol. The summed E-state index contributed by atoms with van der Waals surface area (Å²) in [4.78, 5) is 32.8. The molecule has 3 aromatic rings. The van der Waals surface area contributed by atoms with Crippen LogP contribution in [0.25, 0.3) is 10.8 Å². The largest absolute Gasteiger partial charge is 0.496 e. The van der Waals surface area contributed by atoms with E-state index in [1.807, 2.05) is 17.0 Å². The Morgan fingerprint density at radius 1 is 0.950 bits per heavy atom. The highest BCUT2D eigenvalue weighted by molar-refractivity contribution is 6.04. The van der Waals surface area contributed by atoms with Gasteiger partial charge in [-0.25, -0.2) is 9.78 Å². The summed E-state index contributed by atoms with van der Waals surface area (Å²) in [7, 11) is 3.08. The molecule has 0 bridgehead atoms. The Balaban J connectivity index is 1.38. The van der Waals surface area contributed by atoms with E-state index < -0.39 is 5.97 Å². The quantitative estimate of drug-likeness (QED) is 0.357. The number of anilines is 1. The number of amides is 1. The molecule has 2 aromatic carbocycles. The van der Waals surface area contributed by atoms with Crippen LogP contribution in [0.15, 0.2) is 48.7 Å². The van der Waals surface area contributed by atoms with E-state index in [1.54, 1.807) is 25.4 Å². The zero-order valence-corrected chi connectivity index (χ0v) is 23.8. The van der Waals surface area contributed by atoms with Crippen LogP contribution < -0.4 is 9.64 Å². The first-order valence-electron chi connectivity index (χ1n) is 14.5. The van der Waals surface area contributed by atoms with Crippen LogP contribution in [0, 0.1) is 18.8 Å². The maximum absolute atomic E-state index is 14.0. The van der Waals surface area contributed by atoms with Gasteiger partial charge in [-0.05, 0) is 117 Å². The second kappa shape index (κ2) is 12.4. The molecular formula is C33H40N2O5. The molecule has 7 heteroatoms. The fraction of sp³-hybridized carbons (Fsp3) is 0.485. The lowest BCUT2D eigenvalue weighted by molar-refractivity contribution is -0.124. The van der Waals surface area contributed by atoms with Crippen LogP contribution in [0.2, 0.25) is 0 Å². The van der Waals surface area contributed by atoms with Gasteiger partial charge < -0.3 is 14.6 Å². The third kappa shape index (κ3) is 5.99. The number of aromatic nitrogens is 1. The van der Waals surface area contributed by atoms with E-state index in [0.29, 0.717) is 55.4 Å². The maximum Gasteiger partial charge on any atom is 0.337 e. The Morgan fingerprint density at radius 2 is 1.70 bits per heavy atom. The van der Waals surface area contributed by atoms with Crippen molar-refractivity contribution in [2.75, 3.05) is 25.7 Å². The van der Waals surface area contributed by atoms with Crippen molar-refractivity contribution >= 4 is 28.5 Å². The lowest BCUT2D eigenvalue weighted by Gasteiger charge is -2.35. The summed E-state index contributed by atoms with van der Waals surface area (Å²) in [5, 5.41) is 11.7. The van der Waals surface area contributed by atoms with Crippen molar-refractivity contribution in [2.45, 2.75) is 70.3 Å². The Hall–Kier alpha value is -3.45. The molecule has 0 aliphatic heterocycles. The second-order valence-electron chi connectivity index (χ2n) is 11.5. The summed E-state index contributed by atoms with van der Waals surface area (Å²) in [5.41, 5.74) is 3.00. The summed E-state index contributed by atoms with van der Waals surface area (Å²) in [6.45, 7) is 2.71. The molecule has 7 nitrogen and oxygen atoms in total. The number of hydrogen-bond acceptors (Lipinski definition) is 6. The molecule has 0 radical (unpaired) electrons. The molecule has 2 saturated carbocycles. The molecule has 1 amide bonds. The Bertz CT molecular complexity index is 1360. The zero-order valence-electron chi connectivity index (χ0n) is 23.8. The van der Waals surface area contributed by atoms with Crippen molar-refractivity contribution in [3.63, 3.8) is 0 Å². The van der Waals surface area contributed by atoms with Crippen molar-refractivity contribution in [2.24, 2.45) is 11.8 Å². The van der Waals surface area contributed by atoms with Gasteiger partial charge in [0.2, 0.25) is 5.91 Å². The van der Waals surface area contributed by atoms with Gasteiger partial charge in [0.1, 0.15) is 11.6 Å². The maximum atomic E-state index is 14.0. The van der Waals surface area contributed by atoms with E-state index in [4.69, 9.17) is 14.5 Å². The first kappa shape index (κ1) is 28.1. The number of benzene rings is 2. The minimum absolute atomic E-state index is 0.0943. The van der Waals surface area contributed by atoms with Gasteiger partial charge in [0, 0.05) is 24.0 Å². The number of aliphatic hydroxyl groups is 1. The van der Waals surface area contributed by atoms with Gasteiger partial charge in [0.15, 0.2) is 0 Å². The smallest absolute Gasteiger partial charge is 0.337 e. The van der Waals surface area contributed by atoms with E-state index in [-0.39, 0.29) is 17.9 Å². The average molecular weight is 545 g/mol. The molecule has 5 rings (SSSR count). The number of nitrogens with zero attached hydrogens (tertiary/aromatic N) is 2. The van der Waals surface area contributed by atoms with Gasteiger partial charge in [0.25, 0.3) is 0 Å². The van der Waals surface area contributed by atoms with Crippen LogP contribution in [-0.2, 0) is 9.53 Å². The third-order valence-corrected chi connectivity index (χ3v) is 8.91. The van der Waals surface area contributed by atoms with Crippen LogP contribution in [0.4, 0.5) is 5.82 Å². The number of hydrogen-bond donors (Lipinski definition) is 1. The Morgan fingerprint density at radius 3 is 2.38 bits per heavy atom. The molecule has 1 N–H and O–H groups in total. The minimum atomic E-state index is -0.391. The van der Waals surface area contributed by atoms with E-state index in [0.717, 1.165) is 47.8 Å². The zero-order chi connectivity index (χ0) is 28.2. The van der Waals surface area contributed by atoms with Gasteiger partial charge >= 0.3 is 5.97 Å². The standard InChI is InChI=1S/C33H40N2O5/c1-21-18-25(11-15-30(21)39-2)23-6-4-22(5-7-23)20-35(32(37)24-8-12-28(36)13-9-24)31-29-14-10-27(33(38)40-3)19-26(29)16-17-34-31/h10-11,14-19,22-24,28,36H,4-9,12-13,20H2,1-3H3/t22-,23-,24-,28-. The summed E-state index contributed by atoms with van der Waals surface area (Å²) >= 11 is 0. The Kier molecular flexibility index (Phi) is 8.69. The number of carbonyl (C=O) groups is 2. The van der Waals surface area contributed by atoms with Crippen LogP contribution in [-0.4, -0.2) is 48.8 Å². The van der Waals surface area contributed by atoms with Crippen molar-refractivity contribution in [3.8, 4) is 5.75 Å². The number of carbonyl (C=O) groups excluding carboxylic acids is 2. The fourth-order valence-electron chi connectivity index (χ4n) is 6.54. The SMILES string of the molecule is COC(=O)c1ccc2c(N(C[C@H]3CC[C@H](c4ccc(OC)c(C)c4)CC3)C(=O)[C@H]3CC[C@H](O)CC3)nccc2c1. The fourth-order valence-corrected chi connectivity index (χ4v) is 6.54. The molecule has 2 aliphatic carbocycles. The molecule has 212 valence electrons. The highest BCUT2D eigenvalue weighted by atomic mass is 16.5. The van der Waals surface area contributed by atoms with Crippen LogP contribution in [0.3, 0.4) is 0 Å². The predicted octanol–water partition coefficient (Wildman–Crippen LogP) is 6.20. The molecule has 0 spiro atoms. The molecule has 2 fully saturated rings. The molecular weight excluding hydrogens is 504 g/mol. The van der Waals surface area contributed by atoms with Crippen molar-refractivity contribution in [3.05, 3.63) is 65.4 Å². The van der Waals surface area contributed by atoms with Crippen LogP contribution in [0.5, 0.6) is 5.75 Å². The molecule has 40 heavy (non-hydrogen) atoms. The lowest BCUT2D eigenvalue weighted by Crippen LogP contribution is -2.42. The number of aliphatic hydroxyl groups excluding tert-OH is 1. The molecule has 0 unspecified atom stereocenters. The van der Waals surface area contributed by atoms with Crippen LogP contribution >= 0.6 is 0 Å². The first-order valence-corrected chi connectivity index (χ1v) is 14.5. The molecule has 1 aromatic heterocycles. The van der Waals surface area contributed by atoms with E-state index in [2.05, 4.69) is 25.1 Å². The number of methoxy groups -OCH3 is 2. The summed E-state index contributed by atoms with van der Waals surface area (Å²) in [5.74, 6) is 2.04. The minimum Gasteiger partial charge on any atom is -0.496 e. The number of esters is 1. The topological polar surface area (TPSA) is 89.0 Å². The highest BCUT2D eigenvalue weighted by Gasteiger charge is 2.33. The second-order valence-corrected chi connectivity index (χ2v) is 11.5. The highest BCUT2D eigenvalue weighted by Crippen LogP contribution is 2.39. The van der Waals surface area contributed by atoms with Crippen molar-refractivity contribution in [1.82, 2.24) is 4.98 Å². The predicted molar refractivity (Wildman–Crippen MR) is 156 cm³/mol. The first-order chi connectivity index (χ1) is 19.4. The van der Waals surface area contributed by atoms with Gasteiger partial charge in [-0.15, -0.1) is 0 Å². The molecule has 1 heterocycles.